The largest absolute Gasteiger partial charge is 0.493 e. The van der Waals surface area contributed by atoms with Crippen molar-refractivity contribution in [3.63, 3.8) is 0 Å². The Morgan fingerprint density at radius 3 is 2.27 bits per heavy atom. The summed E-state index contributed by atoms with van der Waals surface area (Å²) in [6.45, 7) is 8.16. The van der Waals surface area contributed by atoms with E-state index in [0.29, 0.717) is 61.5 Å². The zero-order valence-electron chi connectivity index (χ0n) is 19.9. The van der Waals surface area contributed by atoms with Crippen LogP contribution < -0.4 is 24.3 Å². The molecule has 180 valence electrons. The Morgan fingerprint density at radius 1 is 0.939 bits per heavy atom. The van der Waals surface area contributed by atoms with Crippen LogP contribution in [0.5, 0.6) is 23.0 Å². The molecule has 1 aliphatic heterocycles. The number of carbonyl (C=O) groups excluding carboxylic acids is 1. The molecule has 0 radical (unpaired) electrons. The van der Waals surface area contributed by atoms with Crippen LogP contribution in [0.2, 0.25) is 0 Å². The van der Waals surface area contributed by atoms with Crippen molar-refractivity contribution in [1.29, 1.82) is 0 Å². The van der Waals surface area contributed by atoms with Gasteiger partial charge in [-0.1, -0.05) is 6.07 Å². The summed E-state index contributed by atoms with van der Waals surface area (Å²) in [5.41, 5.74) is 1.56. The number of morpholine rings is 1. The van der Waals surface area contributed by atoms with E-state index in [9.17, 15) is 4.79 Å². The maximum atomic E-state index is 13.0. The van der Waals surface area contributed by atoms with Gasteiger partial charge >= 0.3 is 0 Å². The van der Waals surface area contributed by atoms with Gasteiger partial charge in [0.2, 0.25) is 0 Å². The molecule has 3 rings (SSSR count). The van der Waals surface area contributed by atoms with Crippen LogP contribution >= 0.6 is 0 Å². The highest BCUT2D eigenvalue weighted by molar-refractivity contribution is 5.94. The second kappa shape index (κ2) is 12.3. The maximum Gasteiger partial charge on any atom is 0.251 e. The molecule has 0 saturated carbocycles. The van der Waals surface area contributed by atoms with Gasteiger partial charge < -0.3 is 29.0 Å². The molecule has 0 spiro atoms. The van der Waals surface area contributed by atoms with Crippen LogP contribution in [-0.4, -0.2) is 71.1 Å². The van der Waals surface area contributed by atoms with Crippen molar-refractivity contribution in [3.8, 4) is 23.0 Å². The van der Waals surface area contributed by atoms with Gasteiger partial charge in [-0.25, -0.2) is 0 Å². The lowest BCUT2D eigenvalue weighted by atomic mass is 10.0. The molecule has 1 aliphatic rings. The van der Waals surface area contributed by atoms with Crippen molar-refractivity contribution < 1.29 is 28.5 Å². The minimum atomic E-state index is -0.169. The molecular weight excluding hydrogens is 424 g/mol. The quantitative estimate of drug-likeness (QED) is 0.554. The number of amides is 1. The van der Waals surface area contributed by atoms with Gasteiger partial charge in [0, 0.05) is 25.2 Å². The number of nitrogens with zero attached hydrogens (tertiary/aromatic N) is 1. The monoisotopic (exact) mass is 458 g/mol. The number of hydrogen-bond acceptors (Lipinski definition) is 7. The van der Waals surface area contributed by atoms with Crippen molar-refractivity contribution in [2.45, 2.75) is 19.9 Å². The number of methoxy groups -OCH3 is 2. The Kier molecular flexibility index (Phi) is 9.21. The van der Waals surface area contributed by atoms with Crippen LogP contribution in [0.15, 0.2) is 36.4 Å². The van der Waals surface area contributed by atoms with Gasteiger partial charge in [0.15, 0.2) is 23.0 Å². The lowest BCUT2D eigenvalue weighted by Gasteiger charge is -2.35. The van der Waals surface area contributed by atoms with E-state index >= 15 is 0 Å². The number of benzene rings is 2. The zero-order chi connectivity index (χ0) is 23.6. The molecular formula is C25H34N2O6. The molecule has 1 atom stereocenters. The van der Waals surface area contributed by atoms with E-state index in [0.717, 1.165) is 18.7 Å². The Hall–Kier alpha value is -2.97. The van der Waals surface area contributed by atoms with Crippen LogP contribution in [0.1, 0.15) is 35.8 Å². The van der Waals surface area contributed by atoms with Gasteiger partial charge in [-0.05, 0) is 49.7 Å². The Bertz CT molecular complexity index is 914. The fourth-order valence-electron chi connectivity index (χ4n) is 3.89. The van der Waals surface area contributed by atoms with Crippen LogP contribution in [0.3, 0.4) is 0 Å². The third-order valence-corrected chi connectivity index (χ3v) is 5.54. The molecule has 1 amide bonds. The van der Waals surface area contributed by atoms with Gasteiger partial charge in [-0.3, -0.25) is 9.69 Å². The first-order chi connectivity index (χ1) is 16.1. The third-order valence-electron chi connectivity index (χ3n) is 5.54. The van der Waals surface area contributed by atoms with E-state index in [1.807, 2.05) is 32.0 Å². The minimum absolute atomic E-state index is 0.0354. The topological polar surface area (TPSA) is 78.5 Å². The standard InChI is InChI=1S/C25H34N2O6/c1-5-32-22-10-8-19(16-24(22)33-6-2)25(28)26-17-20(27-11-13-31-14-12-27)18-7-9-21(29-3)23(15-18)30-4/h7-10,15-16,20H,5-6,11-14,17H2,1-4H3,(H,26,28). The van der Waals surface area contributed by atoms with E-state index in [2.05, 4.69) is 10.2 Å². The number of carbonyl (C=O) groups is 1. The van der Waals surface area contributed by atoms with E-state index in [-0.39, 0.29) is 11.9 Å². The van der Waals surface area contributed by atoms with Crippen molar-refractivity contribution in [1.82, 2.24) is 10.2 Å². The summed E-state index contributed by atoms with van der Waals surface area (Å²) in [5.74, 6) is 2.36. The number of ether oxygens (including phenoxy) is 5. The molecule has 1 unspecified atom stereocenters. The summed E-state index contributed by atoms with van der Waals surface area (Å²) in [4.78, 5) is 15.3. The van der Waals surface area contributed by atoms with Gasteiger partial charge in [0.1, 0.15) is 0 Å². The van der Waals surface area contributed by atoms with Gasteiger partial charge in [-0.2, -0.15) is 0 Å². The fourth-order valence-corrected chi connectivity index (χ4v) is 3.89. The first-order valence-corrected chi connectivity index (χ1v) is 11.3. The Morgan fingerprint density at radius 2 is 1.61 bits per heavy atom. The average Bonchev–Trinajstić information content (AvgIpc) is 2.85. The highest BCUT2D eigenvalue weighted by Gasteiger charge is 2.25. The summed E-state index contributed by atoms with van der Waals surface area (Å²) in [6.07, 6.45) is 0. The lowest BCUT2D eigenvalue weighted by Crippen LogP contribution is -2.43. The van der Waals surface area contributed by atoms with Gasteiger partial charge in [0.05, 0.1) is 46.7 Å². The van der Waals surface area contributed by atoms with E-state index in [4.69, 9.17) is 23.7 Å². The molecule has 1 N–H and O–H groups in total. The molecule has 0 bridgehead atoms. The zero-order valence-corrected chi connectivity index (χ0v) is 19.9. The SMILES string of the molecule is CCOc1ccc(C(=O)NCC(c2ccc(OC)c(OC)c2)N2CCOCC2)cc1OCC. The number of hydrogen-bond donors (Lipinski definition) is 1. The summed E-state index contributed by atoms with van der Waals surface area (Å²) in [5, 5.41) is 3.09. The summed E-state index contributed by atoms with van der Waals surface area (Å²) < 4.78 is 27.7. The fraction of sp³-hybridized carbons (Fsp3) is 0.480. The highest BCUT2D eigenvalue weighted by Crippen LogP contribution is 2.32. The Balaban J connectivity index is 1.79. The van der Waals surface area contributed by atoms with Crippen molar-refractivity contribution in [2.24, 2.45) is 0 Å². The van der Waals surface area contributed by atoms with Crippen molar-refractivity contribution in [2.75, 3.05) is 60.3 Å². The van der Waals surface area contributed by atoms with Crippen LogP contribution in [0.25, 0.3) is 0 Å². The molecule has 1 heterocycles. The lowest BCUT2D eigenvalue weighted by molar-refractivity contribution is 0.0162. The summed E-state index contributed by atoms with van der Waals surface area (Å²) >= 11 is 0. The molecule has 2 aromatic rings. The van der Waals surface area contributed by atoms with E-state index < -0.39 is 0 Å². The summed E-state index contributed by atoms with van der Waals surface area (Å²) in [7, 11) is 3.24. The minimum Gasteiger partial charge on any atom is -0.493 e. The van der Waals surface area contributed by atoms with Crippen LogP contribution in [-0.2, 0) is 4.74 Å². The average molecular weight is 459 g/mol. The Labute approximate surface area is 195 Å². The number of nitrogens with one attached hydrogen (secondary N) is 1. The molecule has 0 aliphatic carbocycles. The predicted molar refractivity (Wildman–Crippen MR) is 126 cm³/mol. The molecule has 2 aromatic carbocycles. The van der Waals surface area contributed by atoms with E-state index in [1.165, 1.54) is 0 Å². The second-order valence-electron chi connectivity index (χ2n) is 7.52. The molecule has 1 saturated heterocycles. The second-order valence-corrected chi connectivity index (χ2v) is 7.52. The van der Waals surface area contributed by atoms with Crippen LogP contribution in [0, 0.1) is 0 Å². The van der Waals surface area contributed by atoms with Crippen molar-refractivity contribution in [3.05, 3.63) is 47.5 Å². The third kappa shape index (κ3) is 6.30. The molecule has 8 nitrogen and oxygen atoms in total. The first-order valence-electron chi connectivity index (χ1n) is 11.3. The van der Waals surface area contributed by atoms with Crippen LogP contribution in [0.4, 0.5) is 0 Å². The normalized spacial score (nSPS) is 14.9. The maximum absolute atomic E-state index is 13.0. The molecule has 8 heteroatoms. The van der Waals surface area contributed by atoms with E-state index in [1.54, 1.807) is 32.4 Å². The van der Waals surface area contributed by atoms with Gasteiger partial charge in [0.25, 0.3) is 5.91 Å². The number of rotatable bonds is 11. The highest BCUT2D eigenvalue weighted by atomic mass is 16.5. The van der Waals surface area contributed by atoms with Crippen molar-refractivity contribution >= 4 is 5.91 Å². The predicted octanol–water partition coefficient (Wildman–Crippen LogP) is 3.30. The first kappa shape index (κ1) is 24.7. The smallest absolute Gasteiger partial charge is 0.251 e. The molecule has 33 heavy (non-hydrogen) atoms. The molecule has 0 aromatic heterocycles. The summed E-state index contributed by atoms with van der Waals surface area (Å²) in [6, 6.07) is 11.1. The van der Waals surface area contributed by atoms with Gasteiger partial charge in [-0.15, -0.1) is 0 Å². The molecule has 1 fully saturated rings.